The van der Waals surface area contributed by atoms with Crippen LogP contribution in [-0.2, 0) is 0 Å². The molecule has 0 radical (unpaired) electrons. The Balaban J connectivity index is 2.24. The number of benzene rings is 1. The van der Waals surface area contributed by atoms with Crippen molar-refractivity contribution in [3.8, 4) is 11.5 Å². The molecule has 0 aromatic heterocycles. The van der Waals surface area contributed by atoms with Gasteiger partial charge in [-0.2, -0.15) is 0 Å². The summed E-state index contributed by atoms with van der Waals surface area (Å²) in [6.45, 7) is 3.48. The Morgan fingerprint density at radius 3 is 2.71 bits per heavy atom. The van der Waals surface area contributed by atoms with Gasteiger partial charge in [0.1, 0.15) is 0 Å². The number of allylic oxidation sites excluding steroid dienone is 1. The zero-order valence-electron chi connectivity index (χ0n) is 9.94. The Morgan fingerprint density at radius 2 is 2.18 bits per heavy atom. The quantitative estimate of drug-likeness (QED) is 0.578. The van der Waals surface area contributed by atoms with Gasteiger partial charge < -0.3 is 9.47 Å². The van der Waals surface area contributed by atoms with Crippen LogP contribution < -0.4 is 9.47 Å². The third kappa shape index (κ3) is 2.49. The van der Waals surface area contributed by atoms with Gasteiger partial charge >= 0.3 is 0 Å². The van der Waals surface area contributed by atoms with E-state index in [2.05, 4.69) is 6.58 Å². The summed E-state index contributed by atoms with van der Waals surface area (Å²) in [6.07, 6.45) is 4.91. The molecule has 3 nitrogen and oxygen atoms in total. The molecule has 0 aliphatic heterocycles. The van der Waals surface area contributed by atoms with Crippen LogP contribution in [0.3, 0.4) is 0 Å². The van der Waals surface area contributed by atoms with Gasteiger partial charge in [0, 0.05) is 5.56 Å². The van der Waals surface area contributed by atoms with E-state index in [0.29, 0.717) is 17.1 Å². The number of hydrogen-bond acceptors (Lipinski definition) is 3. The van der Waals surface area contributed by atoms with Gasteiger partial charge in [-0.1, -0.05) is 6.58 Å². The normalized spacial score (nSPS) is 14.9. The minimum atomic E-state index is -0.105. The Hall–Kier alpha value is -1.77. The molecule has 2 rings (SSSR count). The van der Waals surface area contributed by atoms with Crippen LogP contribution in [0.25, 0.3) is 0 Å². The molecule has 0 unspecified atom stereocenters. The van der Waals surface area contributed by atoms with Crippen molar-refractivity contribution in [2.24, 2.45) is 0 Å². The number of rotatable bonds is 5. The van der Waals surface area contributed by atoms with Crippen molar-refractivity contribution >= 4 is 5.78 Å². The molecule has 90 valence electrons. The average molecular weight is 232 g/mol. The molecule has 0 amide bonds. The van der Waals surface area contributed by atoms with Crippen molar-refractivity contribution in [3.63, 3.8) is 0 Å². The van der Waals surface area contributed by atoms with E-state index in [4.69, 9.17) is 9.47 Å². The number of carbonyl (C=O) groups excluding carboxylic acids is 1. The van der Waals surface area contributed by atoms with Gasteiger partial charge in [0.25, 0.3) is 0 Å². The Bertz CT molecular complexity index is 433. The standard InChI is InChI=1S/C14H16O3/c1-3-12(15)10-7-8-13(16-2)14(9-10)17-11-5-4-6-11/h3,7-9,11H,1,4-6H2,2H3. The van der Waals surface area contributed by atoms with E-state index >= 15 is 0 Å². The van der Waals surface area contributed by atoms with E-state index in [-0.39, 0.29) is 11.9 Å². The summed E-state index contributed by atoms with van der Waals surface area (Å²) in [7, 11) is 1.60. The summed E-state index contributed by atoms with van der Waals surface area (Å²) in [5, 5.41) is 0. The lowest BCUT2D eigenvalue weighted by Crippen LogP contribution is -2.24. The van der Waals surface area contributed by atoms with Crippen LogP contribution in [0.1, 0.15) is 29.6 Å². The van der Waals surface area contributed by atoms with Crippen molar-refractivity contribution in [3.05, 3.63) is 36.4 Å². The molecule has 0 N–H and O–H groups in total. The third-order valence-corrected chi connectivity index (χ3v) is 2.98. The number of methoxy groups -OCH3 is 1. The monoisotopic (exact) mass is 232 g/mol. The van der Waals surface area contributed by atoms with Crippen molar-refractivity contribution in [2.75, 3.05) is 7.11 Å². The second kappa shape index (κ2) is 5.04. The van der Waals surface area contributed by atoms with E-state index in [1.54, 1.807) is 25.3 Å². The summed E-state index contributed by atoms with van der Waals surface area (Å²) < 4.78 is 11.0. The maximum absolute atomic E-state index is 11.5. The van der Waals surface area contributed by atoms with Gasteiger partial charge in [-0.25, -0.2) is 0 Å². The largest absolute Gasteiger partial charge is 0.493 e. The Labute approximate surface area is 101 Å². The van der Waals surface area contributed by atoms with Crippen LogP contribution in [0, 0.1) is 0 Å². The predicted molar refractivity (Wildman–Crippen MR) is 65.8 cm³/mol. The minimum Gasteiger partial charge on any atom is -0.493 e. The van der Waals surface area contributed by atoms with Gasteiger partial charge in [0.15, 0.2) is 17.3 Å². The van der Waals surface area contributed by atoms with Gasteiger partial charge in [-0.3, -0.25) is 4.79 Å². The first-order chi connectivity index (χ1) is 8.24. The van der Waals surface area contributed by atoms with Crippen LogP contribution in [0.15, 0.2) is 30.9 Å². The average Bonchev–Trinajstić information content (AvgIpc) is 2.32. The lowest BCUT2D eigenvalue weighted by molar-refractivity contribution is 0.104. The lowest BCUT2D eigenvalue weighted by Gasteiger charge is -2.27. The SMILES string of the molecule is C=CC(=O)c1ccc(OC)c(OC2CCC2)c1. The fourth-order valence-corrected chi connectivity index (χ4v) is 1.71. The summed E-state index contributed by atoms with van der Waals surface area (Å²) in [4.78, 5) is 11.5. The first kappa shape index (κ1) is 11.7. The van der Waals surface area contributed by atoms with Crippen molar-refractivity contribution in [1.29, 1.82) is 0 Å². The first-order valence-corrected chi connectivity index (χ1v) is 5.76. The molecule has 1 aliphatic carbocycles. The fourth-order valence-electron chi connectivity index (χ4n) is 1.71. The highest BCUT2D eigenvalue weighted by molar-refractivity contribution is 6.04. The lowest BCUT2D eigenvalue weighted by atomic mass is 9.96. The molecule has 1 aliphatic rings. The summed E-state index contributed by atoms with van der Waals surface area (Å²) >= 11 is 0. The first-order valence-electron chi connectivity index (χ1n) is 5.76. The van der Waals surface area contributed by atoms with Crippen LogP contribution in [-0.4, -0.2) is 19.0 Å². The van der Waals surface area contributed by atoms with E-state index in [9.17, 15) is 4.79 Å². The molecule has 0 atom stereocenters. The van der Waals surface area contributed by atoms with Crippen LogP contribution in [0.5, 0.6) is 11.5 Å². The molecule has 3 heteroatoms. The molecular formula is C14H16O3. The molecule has 1 fully saturated rings. The third-order valence-electron chi connectivity index (χ3n) is 2.98. The predicted octanol–water partition coefficient (Wildman–Crippen LogP) is 3.00. The maximum atomic E-state index is 11.5. The molecule has 0 heterocycles. The molecule has 0 bridgehead atoms. The fraction of sp³-hybridized carbons (Fsp3) is 0.357. The van der Waals surface area contributed by atoms with Gasteiger partial charge in [0.05, 0.1) is 13.2 Å². The van der Waals surface area contributed by atoms with Gasteiger partial charge in [-0.15, -0.1) is 0 Å². The summed E-state index contributed by atoms with van der Waals surface area (Å²) in [5.74, 6) is 1.20. The second-order valence-corrected chi connectivity index (χ2v) is 4.10. The highest BCUT2D eigenvalue weighted by Gasteiger charge is 2.21. The Morgan fingerprint density at radius 1 is 1.41 bits per heavy atom. The molecule has 0 saturated heterocycles. The van der Waals surface area contributed by atoms with E-state index in [0.717, 1.165) is 12.8 Å². The topological polar surface area (TPSA) is 35.5 Å². The number of ether oxygens (including phenoxy) is 2. The van der Waals surface area contributed by atoms with E-state index < -0.39 is 0 Å². The van der Waals surface area contributed by atoms with Crippen LogP contribution in [0.4, 0.5) is 0 Å². The summed E-state index contributed by atoms with van der Waals surface area (Å²) in [5.41, 5.74) is 0.579. The maximum Gasteiger partial charge on any atom is 0.185 e. The van der Waals surface area contributed by atoms with Crippen LogP contribution in [0.2, 0.25) is 0 Å². The smallest absolute Gasteiger partial charge is 0.185 e. The summed E-state index contributed by atoms with van der Waals surface area (Å²) in [6, 6.07) is 5.20. The van der Waals surface area contributed by atoms with Crippen LogP contribution >= 0.6 is 0 Å². The molecule has 1 aromatic rings. The van der Waals surface area contributed by atoms with E-state index in [1.165, 1.54) is 12.5 Å². The molecule has 1 saturated carbocycles. The highest BCUT2D eigenvalue weighted by Crippen LogP contribution is 2.33. The number of ketones is 1. The molecular weight excluding hydrogens is 216 g/mol. The zero-order valence-corrected chi connectivity index (χ0v) is 9.94. The van der Waals surface area contributed by atoms with Gasteiger partial charge in [-0.05, 0) is 43.5 Å². The molecule has 0 spiro atoms. The highest BCUT2D eigenvalue weighted by atomic mass is 16.5. The second-order valence-electron chi connectivity index (χ2n) is 4.10. The van der Waals surface area contributed by atoms with E-state index in [1.807, 2.05) is 0 Å². The Kier molecular flexibility index (Phi) is 3.47. The number of hydrogen-bond donors (Lipinski definition) is 0. The molecule has 1 aromatic carbocycles. The van der Waals surface area contributed by atoms with Gasteiger partial charge in [0.2, 0.25) is 0 Å². The van der Waals surface area contributed by atoms with Crippen molar-refractivity contribution in [2.45, 2.75) is 25.4 Å². The van der Waals surface area contributed by atoms with Crippen molar-refractivity contribution < 1.29 is 14.3 Å². The minimum absolute atomic E-state index is 0.105. The zero-order chi connectivity index (χ0) is 12.3. The van der Waals surface area contributed by atoms with Crippen molar-refractivity contribution in [1.82, 2.24) is 0 Å². The number of carbonyl (C=O) groups is 1. The molecule has 17 heavy (non-hydrogen) atoms.